The SMILES string of the molecule is CC(C)N1CCC[C@H]1N1NC(CC(F)(F)F)C2CC(=O)CC3CNCCC321. The number of carbonyl (C=O) groups is 1. The summed E-state index contributed by atoms with van der Waals surface area (Å²) < 4.78 is 40.0. The van der Waals surface area contributed by atoms with Crippen molar-refractivity contribution in [3.8, 4) is 0 Å². The quantitative estimate of drug-likeness (QED) is 0.777. The first-order valence-corrected chi connectivity index (χ1v) is 10.3. The molecule has 8 heteroatoms. The maximum Gasteiger partial charge on any atom is 0.390 e. The van der Waals surface area contributed by atoms with Crippen LogP contribution < -0.4 is 10.7 Å². The summed E-state index contributed by atoms with van der Waals surface area (Å²) >= 11 is 0. The summed E-state index contributed by atoms with van der Waals surface area (Å²) in [4.78, 5) is 14.8. The molecule has 0 aromatic carbocycles. The van der Waals surface area contributed by atoms with Gasteiger partial charge in [-0.05, 0) is 45.6 Å². The summed E-state index contributed by atoms with van der Waals surface area (Å²) in [6.45, 7) is 6.80. The van der Waals surface area contributed by atoms with Gasteiger partial charge in [-0.3, -0.25) is 9.69 Å². The summed E-state index contributed by atoms with van der Waals surface area (Å²) in [6, 6.07) is -0.356. The van der Waals surface area contributed by atoms with Gasteiger partial charge in [-0.15, -0.1) is 0 Å². The summed E-state index contributed by atoms with van der Waals surface area (Å²) in [7, 11) is 0. The molecule has 154 valence electrons. The van der Waals surface area contributed by atoms with E-state index < -0.39 is 18.6 Å². The Labute approximate surface area is 159 Å². The van der Waals surface area contributed by atoms with Crippen molar-refractivity contribution < 1.29 is 18.0 Å². The van der Waals surface area contributed by atoms with Crippen molar-refractivity contribution in [1.29, 1.82) is 0 Å². The Morgan fingerprint density at radius 1 is 1.30 bits per heavy atom. The molecule has 0 aromatic rings. The number of halogens is 3. The Balaban J connectivity index is 1.72. The molecule has 0 radical (unpaired) electrons. The second-order valence-corrected chi connectivity index (χ2v) is 9.08. The number of alkyl halides is 3. The average molecular weight is 388 g/mol. The smallest absolute Gasteiger partial charge is 0.316 e. The first kappa shape index (κ1) is 19.6. The van der Waals surface area contributed by atoms with Gasteiger partial charge in [0.15, 0.2) is 0 Å². The van der Waals surface area contributed by atoms with Crippen LogP contribution >= 0.6 is 0 Å². The third-order valence-electron chi connectivity index (χ3n) is 7.28. The van der Waals surface area contributed by atoms with Crippen LogP contribution in [0.25, 0.3) is 0 Å². The third kappa shape index (κ3) is 3.32. The molecule has 1 aliphatic carbocycles. The van der Waals surface area contributed by atoms with E-state index in [0.29, 0.717) is 19.0 Å². The van der Waals surface area contributed by atoms with Crippen LogP contribution in [0.3, 0.4) is 0 Å². The molecule has 0 amide bonds. The largest absolute Gasteiger partial charge is 0.390 e. The number of Topliss-reactive ketones (excluding diaryl/α,β-unsaturated/α-hetero) is 1. The lowest BCUT2D eigenvalue weighted by atomic mass is 9.61. The van der Waals surface area contributed by atoms with Crippen LogP contribution in [0.1, 0.15) is 52.4 Å². The molecule has 3 aliphatic heterocycles. The van der Waals surface area contributed by atoms with Crippen molar-refractivity contribution in [3.63, 3.8) is 0 Å². The minimum absolute atomic E-state index is 0.0813. The van der Waals surface area contributed by atoms with Gasteiger partial charge in [0.1, 0.15) is 5.78 Å². The molecular weight excluding hydrogens is 357 g/mol. The van der Waals surface area contributed by atoms with E-state index in [4.69, 9.17) is 0 Å². The molecule has 4 unspecified atom stereocenters. The molecule has 27 heavy (non-hydrogen) atoms. The van der Waals surface area contributed by atoms with Crippen molar-refractivity contribution in [2.75, 3.05) is 19.6 Å². The van der Waals surface area contributed by atoms with E-state index in [-0.39, 0.29) is 35.7 Å². The number of hydrazine groups is 1. The van der Waals surface area contributed by atoms with Crippen LogP contribution in [0.5, 0.6) is 0 Å². The van der Waals surface area contributed by atoms with Gasteiger partial charge in [0.2, 0.25) is 0 Å². The van der Waals surface area contributed by atoms with Gasteiger partial charge in [-0.25, -0.2) is 10.4 Å². The Morgan fingerprint density at radius 2 is 2.07 bits per heavy atom. The molecule has 1 saturated carbocycles. The van der Waals surface area contributed by atoms with Crippen molar-refractivity contribution in [2.45, 2.75) is 82.3 Å². The lowest BCUT2D eigenvalue weighted by Crippen LogP contribution is -2.68. The van der Waals surface area contributed by atoms with Crippen LogP contribution in [-0.2, 0) is 4.79 Å². The zero-order chi connectivity index (χ0) is 19.4. The van der Waals surface area contributed by atoms with Gasteiger partial charge in [-0.1, -0.05) is 0 Å². The lowest BCUT2D eigenvalue weighted by molar-refractivity contribution is -0.145. The average Bonchev–Trinajstić information content (AvgIpc) is 3.15. The highest BCUT2D eigenvalue weighted by Crippen LogP contribution is 2.52. The minimum atomic E-state index is -4.23. The molecule has 4 fully saturated rings. The fraction of sp³-hybridized carbons (Fsp3) is 0.947. The van der Waals surface area contributed by atoms with E-state index in [9.17, 15) is 18.0 Å². The van der Waals surface area contributed by atoms with E-state index >= 15 is 0 Å². The number of hydrogen-bond acceptors (Lipinski definition) is 5. The Kier molecular flexibility index (Phi) is 5.06. The number of nitrogens with zero attached hydrogens (tertiary/aromatic N) is 2. The zero-order valence-electron chi connectivity index (χ0n) is 16.2. The normalized spacial score (nSPS) is 41.2. The summed E-state index contributed by atoms with van der Waals surface area (Å²) in [6.07, 6.45) is -1.40. The van der Waals surface area contributed by atoms with Crippen molar-refractivity contribution in [2.24, 2.45) is 11.8 Å². The van der Waals surface area contributed by atoms with E-state index in [2.05, 4.69) is 34.5 Å². The lowest BCUT2D eigenvalue weighted by Gasteiger charge is -2.55. The van der Waals surface area contributed by atoms with Gasteiger partial charge in [0.05, 0.1) is 12.6 Å². The van der Waals surface area contributed by atoms with E-state index in [1.807, 2.05) is 0 Å². The van der Waals surface area contributed by atoms with E-state index in [1.165, 1.54) is 0 Å². The number of carbonyl (C=O) groups excluding carboxylic acids is 1. The van der Waals surface area contributed by atoms with Crippen molar-refractivity contribution >= 4 is 5.78 Å². The maximum absolute atomic E-state index is 13.3. The van der Waals surface area contributed by atoms with Crippen LogP contribution in [0.4, 0.5) is 13.2 Å². The molecule has 5 atom stereocenters. The van der Waals surface area contributed by atoms with Crippen LogP contribution in [0, 0.1) is 11.8 Å². The fourth-order valence-electron chi connectivity index (χ4n) is 6.29. The molecule has 3 heterocycles. The van der Waals surface area contributed by atoms with E-state index in [0.717, 1.165) is 32.4 Å². The zero-order valence-corrected chi connectivity index (χ0v) is 16.2. The molecule has 5 nitrogen and oxygen atoms in total. The highest BCUT2D eigenvalue weighted by Gasteiger charge is 2.64. The van der Waals surface area contributed by atoms with Gasteiger partial charge >= 0.3 is 6.18 Å². The summed E-state index contributed by atoms with van der Waals surface area (Å²) in [5, 5.41) is 5.58. The predicted molar refractivity (Wildman–Crippen MR) is 95.7 cm³/mol. The maximum atomic E-state index is 13.3. The molecule has 3 saturated heterocycles. The van der Waals surface area contributed by atoms with Crippen LogP contribution in [0.15, 0.2) is 0 Å². The van der Waals surface area contributed by atoms with Gasteiger partial charge in [0, 0.05) is 49.5 Å². The monoisotopic (exact) mass is 388 g/mol. The van der Waals surface area contributed by atoms with Crippen molar-refractivity contribution in [1.82, 2.24) is 20.7 Å². The highest BCUT2D eigenvalue weighted by molar-refractivity contribution is 5.80. The molecule has 4 aliphatic rings. The second-order valence-electron chi connectivity index (χ2n) is 9.08. The molecule has 0 aromatic heterocycles. The molecule has 4 rings (SSSR count). The first-order chi connectivity index (χ1) is 12.7. The number of hydrogen-bond donors (Lipinski definition) is 2. The topological polar surface area (TPSA) is 47.6 Å². The van der Waals surface area contributed by atoms with Crippen molar-refractivity contribution in [3.05, 3.63) is 0 Å². The standard InChI is InChI=1S/C19H31F3N4O/c1-12(2)25-7-3-4-17(25)26-18-5-6-23-11-13(18)8-14(27)9-15(18)16(24-26)10-19(20,21)22/h12-13,15-17,23-24H,3-11H2,1-2H3/t13?,15?,16?,17-,18?/m1/s1. The first-order valence-electron chi connectivity index (χ1n) is 10.3. The summed E-state index contributed by atoms with van der Waals surface area (Å²) in [5.41, 5.74) is 2.97. The van der Waals surface area contributed by atoms with Gasteiger partial charge in [0.25, 0.3) is 0 Å². The minimum Gasteiger partial charge on any atom is -0.316 e. The number of piperidine rings is 1. The number of ketones is 1. The molecule has 1 spiro atoms. The number of likely N-dealkylation sites (tertiary alicyclic amines) is 1. The molecule has 0 bridgehead atoms. The van der Waals surface area contributed by atoms with Crippen LogP contribution in [0.2, 0.25) is 0 Å². The highest BCUT2D eigenvalue weighted by atomic mass is 19.4. The second kappa shape index (κ2) is 6.97. The Hall–Kier alpha value is -0.700. The fourth-order valence-corrected chi connectivity index (χ4v) is 6.29. The molecular formula is C19H31F3N4O. The molecule has 2 N–H and O–H groups in total. The van der Waals surface area contributed by atoms with Crippen LogP contribution in [-0.4, -0.2) is 65.3 Å². The Morgan fingerprint density at radius 3 is 2.78 bits per heavy atom. The summed E-state index contributed by atoms with van der Waals surface area (Å²) in [5.74, 6) is -0.0628. The number of nitrogens with one attached hydrogen (secondary N) is 2. The van der Waals surface area contributed by atoms with Gasteiger partial charge < -0.3 is 5.32 Å². The Bertz CT molecular complexity index is 584. The van der Waals surface area contributed by atoms with Gasteiger partial charge in [-0.2, -0.15) is 13.2 Å². The third-order valence-corrected chi connectivity index (χ3v) is 7.28. The van der Waals surface area contributed by atoms with E-state index in [1.54, 1.807) is 0 Å². The number of rotatable bonds is 3. The predicted octanol–water partition coefficient (Wildman–Crippen LogP) is 2.29.